The number of ether oxygens (including phenoxy) is 1. The van der Waals surface area contributed by atoms with Gasteiger partial charge in [0.25, 0.3) is 0 Å². The monoisotopic (exact) mass is 481 g/mol. The quantitative estimate of drug-likeness (QED) is 0.499. The van der Waals surface area contributed by atoms with Crippen LogP contribution in [0.5, 0.6) is 0 Å². The lowest BCUT2D eigenvalue weighted by Crippen LogP contribution is -2.25. The first-order valence-electron chi connectivity index (χ1n) is 12.2. The Kier molecular flexibility index (Phi) is 7.58. The Labute approximate surface area is 211 Å². The molecule has 0 saturated carbocycles. The van der Waals surface area contributed by atoms with Crippen LogP contribution in [-0.2, 0) is 29.2 Å². The first-order chi connectivity index (χ1) is 17.7. The highest BCUT2D eigenvalue weighted by Gasteiger charge is 2.10. The SMILES string of the molecule is O=C(CC1=CN(Cc2ccc(CN3C=CC=CC3)cc2)COCC=C1)NCc1cnc2[nH]ccc2c1. The van der Waals surface area contributed by atoms with E-state index in [0.29, 0.717) is 32.8 Å². The van der Waals surface area contributed by atoms with Crippen molar-refractivity contribution in [3.63, 3.8) is 0 Å². The minimum absolute atomic E-state index is 0.0209. The van der Waals surface area contributed by atoms with Gasteiger partial charge in [-0.3, -0.25) is 4.79 Å². The van der Waals surface area contributed by atoms with Crippen LogP contribution in [0.2, 0.25) is 0 Å². The smallest absolute Gasteiger partial charge is 0.224 e. The highest BCUT2D eigenvalue weighted by Crippen LogP contribution is 2.16. The molecular weight excluding hydrogens is 450 g/mol. The van der Waals surface area contributed by atoms with Crippen molar-refractivity contribution in [2.24, 2.45) is 0 Å². The van der Waals surface area contributed by atoms with Gasteiger partial charge in [-0.1, -0.05) is 48.6 Å². The summed E-state index contributed by atoms with van der Waals surface area (Å²) >= 11 is 0. The van der Waals surface area contributed by atoms with Crippen molar-refractivity contribution in [1.29, 1.82) is 0 Å². The molecule has 2 N–H and O–H groups in total. The summed E-state index contributed by atoms with van der Waals surface area (Å²) in [5.41, 5.74) is 5.27. The number of aromatic nitrogens is 2. The third-order valence-corrected chi connectivity index (χ3v) is 6.14. The third-order valence-electron chi connectivity index (χ3n) is 6.14. The van der Waals surface area contributed by atoms with Crippen molar-refractivity contribution < 1.29 is 9.53 Å². The molecule has 0 spiro atoms. The number of amides is 1. The number of allylic oxidation sites excluding steroid dienone is 3. The van der Waals surface area contributed by atoms with Crippen LogP contribution < -0.4 is 5.32 Å². The fourth-order valence-corrected chi connectivity index (χ4v) is 4.32. The van der Waals surface area contributed by atoms with Gasteiger partial charge in [-0.25, -0.2) is 4.98 Å². The predicted octanol–water partition coefficient (Wildman–Crippen LogP) is 4.38. The van der Waals surface area contributed by atoms with E-state index < -0.39 is 0 Å². The van der Waals surface area contributed by atoms with E-state index in [2.05, 4.69) is 73.8 Å². The number of nitrogens with one attached hydrogen (secondary N) is 2. The summed E-state index contributed by atoms with van der Waals surface area (Å²) in [5.74, 6) is -0.0209. The van der Waals surface area contributed by atoms with E-state index in [-0.39, 0.29) is 5.91 Å². The first-order valence-corrected chi connectivity index (χ1v) is 12.2. The van der Waals surface area contributed by atoms with E-state index in [1.165, 1.54) is 11.1 Å². The van der Waals surface area contributed by atoms with Gasteiger partial charge in [-0.2, -0.15) is 0 Å². The molecule has 0 atom stereocenters. The molecule has 184 valence electrons. The van der Waals surface area contributed by atoms with Gasteiger partial charge in [-0.15, -0.1) is 0 Å². The van der Waals surface area contributed by atoms with Crippen molar-refractivity contribution in [1.82, 2.24) is 25.1 Å². The molecule has 0 radical (unpaired) electrons. The minimum atomic E-state index is -0.0209. The maximum absolute atomic E-state index is 12.7. The molecule has 2 aliphatic heterocycles. The Morgan fingerprint density at radius 3 is 2.67 bits per heavy atom. The summed E-state index contributed by atoms with van der Waals surface area (Å²) in [6, 6.07) is 12.7. The second kappa shape index (κ2) is 11.6. The summed E-state index contributed by atoms with van der Waals surface area (Å²) in [7, 11) is 0. The number of benzene rings is 1. The number of nitrogens with zero attached hydrogens (tertiary/aromatic N) is 3. The van der Waals surface area contributed by atoms with Gasteiger partial charge >= 0.3 is 0 Å². The lowest BCUT2D eigenvalue weighted by molar-refractivity contribution is -0.120. The average molecular weight is 482 g/mol. The van der Waals surface area contributed by atoms with Gasteiger partial charge in [0.15, 0.2) is 0 Å². The molecule has 0 fully saturated rings. The zero-order valence-electron chi connectivity index (χ0n) is 20.3. The van der Waals surface area contributed by atoms with E-state index in [4.69, 9.17) is 4.74 Å². The van der Waals surface area contributed by atoms with Gasteiger partial charge in [0.2, 0.25) is 5.91 Å². The second-order valence-electron chi connectivity index (χ2n) is 9.08. The highest BCUT2D eigenvalue weighted by molar-refractivity contribution is 5.79. The van der Waals surface area contributed by atoms with Crippen molar-refractivity contribution >= 4 is 16.9 Å². The molecule has 2 aromatic heterocycles. The maximum atomic E-state index is 12.7. The highest BCUT2D eigenvalue weighted by atomic mass is 16.5. The zero-order valence-corrected chi connectivity index (χ0v) is 20.3. The summed E-state index contributed by atoms with van der Waals surface area (Å²) < 4.78 is 5.73. The number of hydrogen-bond acceptors (Lipinski definition) is 5. The molecule has 0 bridgehead atoms. The molecule has 7 heteroatoms. The molecule has 3 aromatic rings. The summed E-state index contributed by atoms with van der Waals surface area (Å²) in [5, 5.41) is 4.06. The molecule has 5 rings (SSSR count). The summed E-state index contributed by atoms with van der Waals surface area (Å²) in [4.78, 5) is 24.5. The molecule has 4 heterocycles. The number of carbonyl (C=O) groups is 1. The standard InChI is InChI=1S/C29H31N5O2/c35-28(31-17-26-15-27-10-11-30-29(27)32-18-26)16-25-5-4-14-36-22-34(21-25)20-24-8-6-23(7-9-24)19-33-12-2-1-3-13-33/h1-12,15,18,21H,13-14,16-17,19-20,22H2,(H,30,32)(H,31,35). The lowest BCUT2D eigenvalue weighted by atomic mass is 10.1. The van der Waals surface area contributed by atoms with Crippen LogP contribution >= 0.6 is 0 Å². The van der Waals surface area contributed by atoms with Crippen LogP contribution in [-0.4, -0.2) is 45.6 Å². The number of fused-ring (bicyclic) bond motifs is 1. The number of pyridine rings is 1. The fraction of sp³-hybridized carbons (Fsp3) is 0.241. The van der Waals surface area contributed by atoms with Crippen molar-refractivity contribution in [3.05, 3.63) is 114 Å². The van der Waals surface area contributed by atoms with Crippen LogP contribution in [0.4, 0.5) is 0 Å². The molecule has 0 unspecified atom stereocenters. The number of hydrogen-bond donors (Lipinski definition) is 2. The van der Waals surface area contributed by atoms with Crippen LogP contribution in [0.3, 0.4) is 0 Å². The van der Waals surface area contributed by atoms with Gasteiger partial charge in [0, 0.05) is 50.2 Å². The maximum Gasteiger partial charge on any atom is 0.224 e. The van der Waals surface area contributed by atoms with Crippen molar-refractivity contribution in [3.8, 4) is 0 Å². The Hall–Kier alpha value is -4.10. The van der Waals surface area contributed by atoms with Gasteiger partial charge < -0.3 is 24.8 Å². The molecular formula is C29H31N5O2. The van der Waals surface area contributed by atoms with E-state index in [1.807, 2.05) is 36.7 Å². The van der Waals surface area contributed by atoms with E-state index in [9.17, 15) is 4.79 Å². The predicted molar refractivity (Wildman–Crippen MR) is 141 cm³/mol. The van der Waals surface area contributed by atoms with E-state index >= 15 is 0 Å². The Bertz CT molecular complexity index is 1300. The van der Waals surface area contributed by atoms with Crippen molar-refractivity contribution in [2.45, 2.75) is 26.1 Å². The Balaban J connectivity index is 1.16. The molecule has 0 aliphatic carbocycles. The molecule has 1 amide bonds. The minimum Gasteiger partial charge on any atom is -0.369 e. The summed E-state index contributed by atoms with van der Waals surface area (Å²) in [6.45, 7) is 4.00. The summed E-state index contributed by atoms with van der Waals surface area (Å²) in [6.07, 6.45) is 18.4. The largest absolute Gasteiger partial charge is 0.369 e. The molecule has 0 saturated heterocycles. The molecule has 1 aromatic carbocycles. The first kappa shape index (κ1) is 23.6. The topological polar surface area (TPSA) is 73.5 Å². The van der Waals surface area contributed by atoms with Crippen LogP contribution in [0.15, 0.2) is 97.1 Å². The molecule has 7 nitrogen and oxygen atoms in total. The normalized spacial score (nSPS) is 15.6. The van der Waals surface area contributed by atoms with Crippen LogP contribution in [0.1, 0.15) is 23.1 Å². The lowest BCUT2D eigenvalue weighted by Gasteiger charge is -2.24. The van der Waals surface area contributed by atoms with E-state index in [0.717, 1.165) is 35.3 Å². The van der Waals surface area contributed by atoms with Crippen LogP contribution in [0, 0.1) is 0 Å². The fourth-order valence-electron chi connectivity index (χ4n) is 4.32. The van der Waals surface area contributed by atoms with Gasteiger partial charge in [0.1, 0.15) is 12.4 Å². The Morgan fingerprint density at radius 2 is 1.86 bits per heavy atom. The van der Waals surface area contributed by atoms with E-state index in [1.54, 1.807) is 6.20 Å². The molecule has 2 aliphatic rings. The van der Waals surface area contributed by atoms with Gasteiger partial charge in [0.05, 0.1) is 13.0 Å². The Morgan fingerprint density at radius 1 is 1.03 bits per heavy atom. The van der Waals surface area contributed by atoms with Crippen molar-refractivity contribution in [2.75, 3.05) is 19.9 Å². The van der Waals surface area contributed by atoms with Crippen LogP contribution in [0.25, 0.3) is 11.0 Å². The van der Waals surface area contributed by atoms with Gasteiger partial charge in [-0.05, 0) is 46.7 Å². The molecule has 36 heavy (non-hydrogen) atoms. The number of rotatable bonds is 8. The zero-order chi connectivity index (χ0) is 24.6. The average Bonchev–Trinajstić information content (AvgIpc) is 3.35. The number of aromatic amines is 1. The number of carbonyl (C=O) groups excluding carboxylic acids is 1. The second-order valence-corrected chi connectivity index (χ2v) is 9.08. The number of H-pyrrole nitrogens is 1. The third kappa shape index (κ3) is 6.52.